The maximum atomic E-state index is 13.3. The van der Waals surface area contributed by atoms with Gasteiger partial charge in [-0.25, -0.2) is 4.39 Å². The van der Waals surface area contributed by atoms with Crippen molar-refractivity contribution in [2.75, 3.05) is 18.0 Å². The van der Waals surface area contributed by atoms with Gasteiger partial charge in [0.15, 0.2) is 0 Å². The summed E-state index contributed by atoms with van der Waals surface area (Å²) in [4.78, 5) is 15.7. The highest BCUT2D eigenvalue weighted by Crippen LogP contribution is 2.45. The van der Waals surface area contributed by atoms with Gasteiger partial charge in [0.2, 0.25) is 0 Å². The summed E-state index contributed by atoms with van der Waals surface area (Å²) >= 11 is 0. The monoisotopic (exact) mass is 418 g/mol. The smallest absolute Gasteiger partial charge is 0.123 e. The number of aliphatic hydroxyl groups is 1. The molecule has 6 heteroatoms. The molecule has 1 aliphatic carbocycles. The molecule has 0 radical (unpaired) electrons. The standard InChI is InChI=1S/C25H27FN4O/c1-17(18-2-6-20(26)7-3-18)10-21-12-24(30-15-25(31,16-30)19-4-5-19)13-22(29-21)11-23-14-27-8-9-28-23/h2-3,6-9,12-14,17,19,31H,4-5,10-11,15-16H2,1H3/t17-/m1/s1. The number of β-amino-alcohol motifs (C(OH)–C–C–N with tert-alkyl or cyclic N) is 1. The Morgan fingerprint density at radius 2 is 1.84 bits per heavy atom. The molecule has 2 fully saturated rings. The number of anilines is 1. The Bertz CT molecular complexity index is 1050. The van der Waals surface area contributed by atoms with Crippen molar-refractivity contribution >= 4 is 5.69 Å². The van der Waals surface area contributed by atoms with Crippen LogP contribution in [0.1, 0.15) is 48.3 Å². The van der Waals surface area contributed by atoms with Gasteiger partial charge >= 0.3 is 0 Å². The Morgan fingerprint density at radius 1 is 1.10 bits per heavy atom. The van der Waals surface area contributed by atoms with Crippen molar-refractivity contribution in [2.24, 2.45) is 5.92 Å². The van der Waals surface area contributed by atoms with E-state index in [9.17, 15) is 9.50 Å². The first-order valence-corrected chi connectivity index (χ1v) is 11.0. The van der Waals surface area contributed by atoms with Crippen LogP contribution in [0.15, 0.2) is 55.0 Å². The highest BCUT2D eigenvalue weighted by Gasteiger charge is 2.52. The van der Waals surface area contributed by atoms with Gasteiger partial charge in [0.25, 0.3) is 0 Å². The molecule has 5 nitrogen and oxygen atoms in total. The molecule has 0 unspecified atom stereocenters. The van der Waals surface area contributed by atoms with Crippen LogP contribution in [0, 0.1) is 11.7 Å². The maximum absolute atomic E-state index is 13.3. The predicted molar refractivity (Wildman–Crippen MR) is 117 cm³/mol. The minimum Gasteiger partial charge on any atom is -0.386 e. The van der Waals surface area contributed by atoms with Crippen LogP contribution in [-0.2, 0) is 12.8 Å². The van der Waals surface area contributed by atoms with E-state index in [1.807, 2.05) is 12.1 Å². The summed E-state index contributed by atoms with van der Waals surface area (Å²) < 4.78 is 13.3. The molecule has 1 aromatic carbocycles. The normalized spacial score (nSPS) is 18.5. The van der Waals surface area contributed by atoms with Gasteiger partial charge < -0.3 is 10.0 Å². The third kappa shape index (κ3) is 4.44. The molecule has 1 aliphatic heterocycles. The van der Waals surface area contributed by atoms with Gasteiger partial charge in [0.1, 0.15) is 11.4 Å². The van der Waals surface area contributed by atoms with Gasteiger partial charge in [-0.05, 0) is 60.9 Å². The van der Waals surface area contributed by atoms with Gasteiger partial charge in [-0.2, -0.15) is 0 Å². The first kappa shape index (κ1) is 20.1. The molecule has 31 heavy (non-hydrogen) atoms. The molecule has 1 saturated heterocycles. The zero-order valence-electron chi connectivity index (χ0n) is 17.7. The van der Waals surface area contributed by atoms with Gasteiger partial charge in [0.05, 0.1) is 5.69 Å². The number of benzene rings is 1. The summed E-state index contributed by atoms with van der Waals surface area (Å²) in [6.45, 7) is 3.50. The third-order valence-corrected chi connectivity index (χ3v) is 6.48. The highest BCUT2D eigenvalue weighted by molar-refractivity contribution is 5.53. The Labute approximate surface area is 182 Å². The molecule has 160 valence electrons. The Hall–Kier alpha value is -2.86. The van der Waals surface area contributed by atoms with E-state index in [1.54, 1.807) is 18.6 Å². The van der Waals surface area contributed by atoms with Crippen molar-refractivity contribution in [2.45, 2.75) is 44.1 Å². The minimum absolute atomic E-state index is 0.215. The first-order chi connectivity index (χ1) is 15.0. The van der Waals surface area contributed by atoms with Crippen LogP contribution >= 0.6 is 0 Å². The molecule has 5 rings (SSSR count). The number of aromatic nitrogens is 3. The first-order valence-electron chi connectivity index (χ1n) is 11.0. The number of halogens is 1. The van der Waals surface area contributed by atoms with E-state index in [-0.39, 0.29) is 11.7 Å². The molecule has 1 saturated carbocycles. The van der Waals surface area contributed by atoms with E-state index in [4.69, 9.17) is 4.98 Å². The summed E-state index contributed by atoms with van der Waals surface area (Å²) in [7, 11) is 0. The molecule has 2 aromatic heterocycles. The van der Waals surface area contributed by atoms with Crippen molar-refractivity contribution in [1.29, 1.82) is 0 Å². The van der Waals surface area contributed by atoms with Crippen LogP contribution in [-0.4, -0.2) is 38.7 Å². The summed E-state index contributed by atoms with van der Waals surface area (Å²) in [6, 6.07) is 10.9. The van der Waals surface area contributed by atoms with Crippen molar-refractivity contribution < 1.29 is 9.50 Å². The van der Waals surface area contributed by atoms with Gasteiger partial charge in [0, 0.05) is 55.2 Å². The molecular weight excluding hydrogens is 391 g/mol. The highest BCUT2D eigenvalue weighted by atomic mass is 19.1. The van der Waals surface area contributed by atoms with Gasteiger partial charge in [-0.3, -0.25) is 15.0 Å². The van der Waals surface area contributed by atoms with Crippen molar-refractivity contribution in [3.8, 4) is 0 Å². The van der Waals surface area contributed by atoms with Crippen LogP contribution in [0.2, 0.25) is 0 Å². The molecule has 1 atom stereocenters. The molecule has 2 aliphatic rings. The Morgan fingerprint density at radius 3 is 2.52 bits per heavy atom. The van der Waals surface area contributed by atoms with Crippen LogP contribution in [0.4, 0.5) is 10.1 Å². The van der Waals surface area contributed by atoms with E-state index >= 15 is 0 Å². The average Bonchev–Trinajstić information content (AvgIpc) is 3.58. The Kier molecular flexibility index (Phi) is 5.18. The molecule has 1 N–H and O–H groups in total. The van der Waals surface area contributed by atoms with E-state index in [0.29, 0.717) is 25.4 Å². The summed E-state index contributed by atoms with van der Waals surface area (Å²) in [5, 5.41) is 10.8. The van der Waals surface area contributed by atoms with E-state index in [0.717, 1.165) is 47.6 Å². The van der Waals surface area contributed by atoms with Crippen molar-refractivity contribution in [1.82, 2.24) is 15.0 Å². The fourth-order valence-corrected chi connectivity index (χ4v) is 4.52. The number of hydrogen-bond donors (Lipinski definition) is 1. The fourth-order valence-electron chi connectivity index (χ4n) is 4.52. The summed E-state index contributed by atoms with van der Waals surface area (Å²) in [6.07, 6.45) is 8.78. The largest absolute Gasteiger partial charge is 0.386 e. The number of nitrogens with zero attached hydrogens (tertiary/aromatic N) is 4. The van der Waals surface area contributed by atoms with Crippen LogP contribution in [0.3, 0.4) is 0 Å². The molecule has 3 heterocycles. The van der Waals surface area contributed by atoms with Gasteiger partial charge in [-0.15, -0.1) is 0 Å². The maximum Gasteiger partial charge on any atom is 0.123 e. The lowest BCUT2D eigenvalue weighted by Crippen LogP contribution is -2.63. The fraction of sp³-hybridized carbons (Fsp3) is 0.400. The number of hydrogen-bond acceptors (Lipinski definition) is 5. The number of rotatable bonds is 7. The van der Waals surface area contributed by atoms with E-state index in [1.165, 1.54) is 12.1 Å². The van der Waals surface area contributed by atoms with Crippen LogP contribution in [0.25, 0.3) is 0 Å². The molecule has 0 bridgehead atoms. The molecule has 3 aromatic rings. The minimum atomic E-state index is -0.532. The summed E-state index contributed by atoms with van der Waals surface area (Å²) in [5.41, 5.74) is 4.48. The van der Waals surface area contributed by atoms with E-state index in [2.05, 4.69) is 33.9 Å². The topological polar surface area (TPSA) is 62.1 Å². The van der Waals surface area contributed by atoms with Crippen molar-refractivity contribution in [3.05, 3.63) is 83.5 Å². The average molecular weight is 419 g/mol. The SMILES string of the molecule is C[C@H](Cc1cc(N2CC(O)(C3CC3)C2)cc(Cc2cnccn2)n1)c1ccc(F)cc1. The van der Waals surface area contributed by atoms with Crippen LogP contribution < -0.4 is 4.90 Å². The van der Waals surface area contributed by atoms with E-state index < -0.39 is 5.60 Å². The predicted octanol–water partition coefficient (Wildman–Crippen LogP) is 3.91. The quantitative estimate of drug-likeness (QED) is 0.630. The molecular formula is C25H27FN4O. The zero-order chi connectivity index (χ0) is 21.4. The van der Waals surface area contributed by atoms with Crippen molar-refractivity contribution in [3.63, 3.8) is 0 Å². The summed E-state index contributed by atoms with van der Waals surface area (Å²) in [5.74, 6) is 0.457. The lowest BCUT2D eigenvalue weighted by molar-refractivity contribution is -0.00932. The lowest BCUT2D eigenvalue weighted by atomic mass is 9.88. The second-order valence-electron chi connectivity index (χ2n) is 9.07. The molecule has 0 spiro atoms. The zero-order valence-corrected chi connectivity index (χ0v) is 17.7. The number of pyridine rings is 1. The third-order valence-electron chi connectivity index (χ3n) is 6.48. The van der Waals surface area contributed by atoms with Crippen LogP contribution in [0.5, 0.6) is 0 Å². The second-order valence-corrected chi connectivity index (χ2v) is 9.07. The molecule has 0 amide bonds. The van der Waals surface area contributed by atoms with Gasteiger partial charge in [-0.1, -0.05) is 19.1 Å². The second kappa shape index (κ2) is 8.00. The lowest BCUT2D eigenvalue weighted by Gasteiger charge is -2.48. The Balaban J connectivity index is 1.39.